The van der Waals surface area contributed by atoms with Crippen molar-refractivity contribution in [1.29, 1.82) is 0 Å². The number of benzene rings is 4. The van der Waals surface area contributed by atoms with E-state index in [2.05, 4.69) is 5.32 Å². The third-order valence-electron chi connectivity index (χ3n) is 6.99. The predicted octanol–water partition coefficient (Wildman–Crippen LogP) is 5.27. The SMILES string of the molecule is CCNC(=O)[C@H](Cc1ccccc1)N(Cc1cccc(C)c1)C(=O)CN(c1ccc(C)cc1)S(=O)(=O)c1ccccc1. The van der Waals surface area contributed by atoms with Gasteiger partial charge in [-0.05, 0) is 56.2 Å². The molecule has 4 aromatic rings. The largest absolute Gasteiger partial charge is 0.355 e. The fourth-order valence-electron chi connectivity index (χ4n) is 4.81. The van der Waals surface area contributed by atoms with E-state index in [4.69, 9.17) is 0 Å². The van der Waals surface area contributed by atoms with Gasteiger partial charge >= 0.3 is 0 Å². The van der Waals surface area contributed by atoms with Gasteiger partial charge in [-0.25, -0.2) is 8.42 Å². The Labute approximate surface area is 248 Å². The van der Waals surface area contributed by atoms with E-state index in [-0.39, 0.29) is 23.8 Å². The van der Waals surface area contributed by atoms with Crippen LogP contribution in [0.2, 0.25) is 0 Å². The molecule has 0 fully saturated rings. The van der Waals surface area contributed by atoms with Crippen molar-refractivity contribution in [2.75, 3.05) is 17.4 Å². The smallest absolute Gasteiger partial charge is 0.264 e. The molecule has 4 aromatic carbocycles. The lowest BCUT2D eigenvalue weighted by Crippen LogP contribution is -2.53. The number of carbonyl (C=O) groups is 2. The zero-order valence-electron chi connectivity index (χ0n) is 24.2. The van der Waals surface area contributed by atoms with E-state index in [1.165, 1.54) is 17.0 Å². The van der Waals surface area contributed by atoms with E-state index in [1.807, 2.05) is 87.5 Å². The number of amides is 2. The van der Waals surface area contributed by atoms with Gasteiger partial charge in [-0.2, -0.15) is 0 Å². The van der Waals surface area contributed by atoms with Crippen molar-refractivity contribution in [3.63, 3.8) is 0 Å². The fraction of sp³-hybridized carbons (Fsp3) is 0.235. The molecule has 8 heteroatoms. The van der Waals surface area contributed by atoms with Crippen LogP contribution in [0.25, 0.3) is 0 Å². The topological polar surface area (TPSA) is 86.8 Å². The summed E-state index contributed by atoms with van der Waals surface area (Å²) in [6.45, 7) is 5.77. The first-order chi connectivity index (χ1) is 20.2. The maximum Gasteiger partial charge on any atom is 0.264 e. The summed E-state index contributed by atoms with van der Waals surface area (Å²) >= 11 is 0. The minimum absolute atomic E-state index is 0.0770. The van der Waals surface area contributed by atoms with Crippen molar-refractivity contribution in [2.45, 2.75) is 44.7 Å². The van der Waals surface area contributed by atoms with Gasteiger partial charge in [-0.15, -0.1) is 0 Å². The summed E-state index contributed by atoms with van der Waals surface area (Å²) < 4.78 is 29.0. The van der Waals surface area contributed by atoms with Gasteiger partial charge in [0, 0.05) is 19.5 Å². The normalized spacial score (nSPS) is 11.9. The summed E-state index contributed by atoms with van der Waals surface area (Å²) in [6.07, 6.45) is 0.278. The van der Waals surface area contributed by atoms with Gasteiger partial charge < -0.3 is 10.2 Å². The van der Waals surface area contributed by atoms with E-state index < -0.39 is 28.5 Å². The Morgan fingerprint density at radius 2 is 1.38 bits per heavy atom. The fourth-order valence-corrected chi connectivity index (χ4v) is 6.25. The highest BCUT2D eigenvalue weighted by molar-refractivity contribution is 7.92. The van der Waals surface area contributed by atoms with Crippen LogP contribution < -0.4 is 9.62 Å². The van der Waals surface area contributed by atoms with Crippen molar-refractivity contribution in [1.82, 2.24) is 10.2 Å². The molecule has 0 saturated carbocycles. The highest BCUT2D eigenvalue weighted by Crippen LogP contribution is 2.25. The summed E-state index contributed by atoms with van der Waals surface area (Å²) in [6, 6.07) is 31.5. The van der Waals surface area contributed by atoms with Crippen LogP contribution in [0.3, 0.4) is 0 Å². The molecule has 0 heterocycles. The van der Waals surface area contributed by atoms with Crippen LogP contribution in [0, 0.1) is 13.8 Å². The number of carbonyl (C=O) groups excluding carboxylic acids is 2. The number of hydrogen-bond donors (Lipinski definition) is 1. The third-order valence-corrected chi connectivity index (χ3v) is 8.78. The van der Waals surface area contributed by atoms with Crippen LogP contribution in [-0.4, -0.2) is 44.3 Å². The van der Waals surface area contributed by atoms with Crippen LogP contribution in [0.15, 0.2) is 114 Å². The quantitative estimate of drug-likeness (QED) is 0.246. The first-order valence-corrected chi connectivity index (χ1v) is 15.4. The molecule has 0 aliphatic heterocycles. The van der Waals surface area contributed by atoms with Crippen LogP contribution in [0.4, 0.5) is 5.69 Å². The lowest BCUT2D eigenvalue weighted by atomic mass is 10.0. The molecule has 0 spiro atoms. The molecule has 0 aliphatic carbocycles. The van der Waals surface area contributed by atoms with E-state index in [9.17, 15) is 18.0 Å². The van der Waals surface area contributed by atoms with Gasteiger partial charge in [0.2, 0.25) is 11.8 Å². The number of sulfonamides is 1. The first kappa shape index (κ1) is 30.5. The van der Waals surface area contributed by atoms with Crippen molar-refractivity contribution in [2.24, 2.45) is 0 Å². The summed E-state index contributed by atoms with van der Waals surface area (Å²) in [5.41, 5.74) is 4.08. The van der Waals surface area contributed by atoms with E-state index in [0.717, 1.165) is 26.6 Å². The molecule has 1 N–H and O–H groups in total. The maximum atomic E-state index is 14.3. The Morgan fingerprint density at radius 1 is 0.762 bits per heavy atom. The third kappa shape index (κ3) is 7.64. The Morgan fingerprint density at radius 3 is 2.00 bits per heavy atom. The number of nitrogens with one attached hydrogen (secondary N) is 1. The van der Waals surface area contributed by atoms with Crippen molar-refractivity contribution in [3.05, 3.63) is 131 Å². The van der Waals surface area contributed by atoms with Crippen LogP contribution in [0.1, 0.15) is 29.2 Å². The van der Waals surface area contributed by atoms with Gasteiger partial charge in [0.05, 0.1) is 10.6 Å². The monoisotopic (exact) mass is 583 g/mol. The van der Waals surface area contributed by atoms with E-state index in [0.29, 0.717) is 12.2 Å². The summed E-state index contributed by atoms with van der Waals surface area (Å²) in [5, 5.41) is 2.88. The molecule has 218 valence electrons. The Hall–Kier alpha value is -4.43. The lowest BCUT2D eigenvalue weighted by Gasteiger charge is -2.34. The number of hydrogen-bond acceptors (Lipinski definition) is 4. The van der Waals surface area contributed by atoms with Gasteiger partial charge in [-0.3, -0.25) is 13.9 Å². The minimum atomic E-state index is -4.10. The van der Waals surface area contributed by atoms with Crippen LogP contribution >= 0.6 is 0 Å². The predicted molar refractivity (Wildman–Crippen MR) is 166 cm³/mol. The zero-order chi connectivity index (χ0) is 30.1. The maximum absolute atomic E-state index is 14.3. The minimum Gasteiger partial charge on any atom is -0.355 e. The molecule has 7 nitrogen and oxygen atoms in total. The van der Waals surface area contributed by atoms with Gasteiger partial charge in [-0.1, -0.05) is 96.1 Å². The number of nitrogens with zero attached hydrogens (tertiary/aromatic N) is 2. The molecule has 0 saturated heterocycles. The van der Waals surface area contributed by atoms with Crippen molar-refractivity contribution < 1.29 is 18.0 Å². The van der Waals surface area contributed by atoms with Crippen LogP contribution in [0.5, 0.6) is 0 Å². The van der Waals surface area contributed by atoms with Crippen LogP contribution in [-0.2, 0) is 32.6 Å². The Kier molecular flexibility index (Phi) is 10.1. The summed E-state index contributed by atoms with van der Waals surface area (Å²) in [7, 11) is -4.10. The van der Waals surface area contributed by atoms with E-state index >= 15 is 0 Å². The molecule has 0 aromatic heterocycles. The standard InChI is InChI=1S/C34H37N3O4S/c1-4-35-34(39)32(23-28-13-7-5-8-14-28)36(24-29-15-11-12-27(3)22-29)33(38)25-37(30-20-18-26(2)19-21-30)42(40,41)31-16-9-6-10-17-31/h5-22,32H,4,23-25H2,1-3H3,(H,35,39)/t32-/m0/s1. The average molecular weight is 584 g/mol. The molecular weight excluding hydrogens is 546 g/mol. The molecular formula is C34H37N3O4S. The first-order valence-electron chi connectivity index (χ1n) is 14.0. The Balaban J connectivity index is 1.78. The van der Waals surface area contributed by atoms with Gasteiger partial charge in [0.15, 0.2) is 0 Å². The second kappa shape index (κ2) is 14.0. The molecule has 2 amide bonds. The molecule has 0 aliphatic rings. The lowest BCUT2D eigenvalue weighted by molar-refractivity contribution is -0.140. The summed E-state index contributed by atoms with van der Waals surface area (Å²) in [5.74, 6) is -0.779. The van der Waals surface area contributed by atoms with Crippen molar-refractivity contribution in [3.8, 4) is 0 Å². The molecule has 0 bridgehead atoms. The van der Waals surface area contributed by atoms with E-state index in [1.54, 1.807) is 30.3 Å². The van der Waals surface area contributed by atoms with Gasteiger partial charge in [0.1, 0.15) is 12.6 Å². The van der Waals surface area contributed by atoms with Crippen molar-refractivity contribution >= 4 is 27.5 Å². The average Bonchev–Trinajstić information content (AvgIpc) is 2.99. The Bertz CT molecular complexity index is 1590. The molecule has 0 unspecified atom stereocenters. The second-order valence-electron chi connectivity index (χ2n) is 10.3. The highest BCUT2D eigenvalue weighted by Gasteiger charge is 2.34. The number of aryl methyl sites for hydroxylation is 2. The van der Waals surface area contributed by atoms with Gasteiger partial charge in [0.25, 0.3) is 10.0 Å². The number of rotatable bonds is 12. The molecule has 1 atom stereocenters. The molecule has 42 heavy (non-hydrogen) atoms. The molecule has 0 radical (unpaired) electrons. The highest BCUT2D eigenvalue weighted by atomic mass is 32.2. The molecule has 4 rings (SSSR count). The summed E-state index contributed by atoms with van der Waals surface area (Å²) in [4.78, 5) is 29.5. The number of likely N-dealkylation sites (N-methyl/N-ethyl adjacent to an activating group) is 1. The zero-order valence-corrected chi connectivity index (χ0v) is 25.1. The number of anilines is 1. The second-order valence-corrected chi connectivity index (χ2v) is 12.1.